The lowest BCUT2D eigenvalue weighted by Crippen LogP contribution is -2.41. The number of fused-ring (bicyclic) bond motifs is 12. The van der Waals surface area contributed by atoms with Gasteiger partial charge in [-0.3, -0.25) is 0 Å². The van der Waals surface area contributed by atoms with Gasteiger partial charge in [0.2, 0.25) is 5.28 Å². The molecule has 1 fully saturated rings. The van der Waals surface area contributed by atoms with Crippen molar-refractivity contribution in [3.05, 3.63) is 296 Å². The van der Waals surface area contributed by atoms with Crippen LogP contribution in [0.25, 0.3) is 155 Å². The molecule has 1 saturated heterocycles. The summed E-state index contributed by atoms with van der Waals surface area (Å²) in [5.41, 5.74) is 17.1. The summed E-state index contributed by atoms with van der Waals surface area (Å²) in [6, 6.07) is 101. The van der Waals surface area contributed by atoms with Crippen LogP contribution in [0.15, 0.2) is 291 Å². The molecule has 0 spiro atoms. The lowest BCUT2D eigenvalue weighted by molar-refractivity contribution is 0.00578. The molecule has 7 heterocycles. The second-order valence-corrected chi connectivity index (χ2v) is 25.7. The van der Waals surface area contributed by atoms with Crippen LogP contribution >= 0.6 is 11.6 Å². The molecule has 0 saturated carbocycles. The van der Waals surface area contributed by atoms with Crippen molar-refractivity contribution >= 4 is 100 Å². The maximum Gasteiger partial charge on any atom is 0.494 e. The molecule has 10 nitrogen and oxygen atoms in total. The van der Waals surface area contributed by atoms with Gasteiger partial charge < -0.3 is 18.1 Å². The van der Waals surface area contributed by atoms with Gasteiger partial charge in [-0.05, 0) is 91.3 Å². The Bertz CT molecular complexity index is 5890. The number of benzene rings is 12. The second kappa shape index (κ2) is 23.5. The van der Waals surface area contributed by atoms with Crippen molar-refractivity contribution in [1.82, 2.24) is 38.7 Å². The van der Waals surface area contributed by atoms with E-state index < -0.39 is 0 Å². The molecule has 1 aliphatic rings. The lowest BCUT2D eigenvalue weighted by Gasteiger charge is -2.32. The largest absolute Gasteiger partial charge is 0.494 e. The summed E-state index contributed by atoms with van der Waals surface area (Å²) in [6.45, 7) is 8.39. The van der Waals surface area contributed by atoms with Gasteiger partial charge in [-0.1, -0.05) is 267 Å². The Kier molecular flexibility index (Phi) is 14.3. The zero-order valence-corrected chi connectivity index (χ0v) is 53.8. The van der Waals surface area contributed by atoms with Gasteiger partial charge in [-0.2, -0.15) is 9.97 Å². The second-order valence-electron chi connectivity index (χ2n) is 25.4. The molecule has 0 amide bonds. The van der Waals surface area contributed by atoms with Crippen LogP contribution in [0.1, 0.15) is 27.7 Å². The normalized spacial score (nSPS) is 13.5. The van der Waals surface area contributed by atoms with Crippen molar-refractivity contribution in [1.29, 1.82) is 0 Å². The highest BCUT2D eigenvalue weighted by Gasteiger charge is 2.51. The van der Waals surface area contributed by atoms with Crippen molar-refractivity contribution in [2.24, 2.45) is 0 Å². The van der Waals surface area contributed by atoms with Crippen LogP contribution in [0.3, 0.4) is 0 Å². The van der Waals surface area contributed by atoms with E-state index in [0.29, 0.717) is 29.1 Å². The van der Waals surface area contributed by atoms with E-state index in [2.05, 4.69) is 246 Å². The molecule has 0 atom stereocenters. The highest BCUT2D eigenvalue weighted by molar-refractivity contribution is 6.62. The fourth-order valence-corrected chi connectivity index (χ4v) is 13.7. The molecule has 0 N–H and O–H groups in total. The fourth-order valence-electron chi connectivity index (χ4n) is 13.6. The molecular formula is C84H60BClN8O2. The van der Waals surface area contributed by atoms with E-state index in [1.807, 2.05) is 97.1 Å². The van der Waals surface area contributed by atoms with Crippen LogP contribution in [0.2, 0.25) is 5.28 Å². The number of halogens is 1. The highest BCUT2D eigenvalue weighted by Crippen LogP contribution is 2.43. The third kappa shape index (κ3) is 10.2. The first-order valence-corrected chi connectivity index (χ1v) is 32.7. The van der Waals surface area contributed by atoms with E-state index in [4.69, 9.17) is 35.9 Å². The van der Waals surface area contributed by atoms with Gasteiger partial charge in [-0.25, -0.2) is 19.9 Å². The minimum absolute atomic E-state index is 0.191. The highest BCUT2D eigenvalue weighted by atomic mass is 35.5. The molecule has 12 aromatic carbocycles. The average molecular weight is 1260 g/mol. The molecule has 458 valence electrons. The predicted octanol–water partition coefficient (Wildman–Crippen LogP) is 20.4. The van der Waals surface area contributed by atoms with E-state index in [1.165, 1.54) is 81.8 Å². The van der Waals surface area contributed by atoms with Crippen molar-refractivity contribution in [3.8, 4) is 79.2 Å². The maximum atomic E-state index is 6.30. The molecule has 0 aliphatic carbocycles. The Balaban J connectivity index is 0.000000115. The van der Waals surface area contributed by atoms with Crippen molar-refractivity contribution in [2.45, 2.75) is 38.9 Å². The van der Waals surface area contributed by atoms with E-state index in [0.717, 1.165) is 49.9 Å². The summed E-state index contributed by atoms with van der Waals surface area (Å²) < 4.78 is 17.4. The summed E-state index contributed by atoms with van der Waals surface area (Å²) in [6.07, 6.45) is 0. The Morgan fingerprint density at radius 2 is 0.562 bits per heavy atom. The first kappa shape index (κ1) is 58.4. The Morgan fingerprint density at radius 3 is 0.990 bits per heavy atom. The first-order valence-electron chi connectivity index (χ1n) is 32.3. The van der Waals surface area contributed by atoms with E-state index in [1.54, 1.807) is 0 Å². The van der Waals surface area contributed by atoms with E-state index in [9.17, 15) is 0 Å². The minimum atomic E-state index is -0.351. The van der Waals surface area contributed by atoms with Crippen LogP contribution in [0, 0.1) is 0 Å². The molecule has 0 radical (unpaired) electrons. The van der Waals surface area contributed by atoms with E-state index >= 15 is 0 Å². The molecule has 12 heteroatoms. The maximum absolute atomic E-state index is 6.30. The van der Waals surface area contributed by atoms with Gasteiger partial charge >= 0.3 is 7.12 Å². The fraction of sp³-hybridized carbons (Fsp3) is 0.0714. The summed E-state index contributed by atoms with van der Waals surface area (Å²) >= 11 is 6.11. The number of rotatable bonds is 8. The molecule has 19 rings (SSSR count). The number of para-hydroxylation sites is 4. The summed E-state index contributed by atoms with van der Waals surface area (Å²) in [4.78, 5) is 28.1. The van der Waals surface area contributed by atoms with Crippen LogP contribution < -0.4 is 5.46 Å². The number of aromatic nitrogens is 8. The van der Waals surface area contributed by atoms with Gasteiger partial charge in [0.15, 0.2) is 29.1 Å². The zero-order chi connectivity index (χ0) is 64.7. The van der Waals surface area contributed by atoms with E-state index in [-0.39, 0.29) is 23.6 Å². The van der Waals surface area contributed by atoms with Crippen LogP contribution in [0.4, 0.5) is 0 Å². The van der Waals surface area contributed by atoms with Gasteiger partial charge in [0.1, 0.15) is 0 Å². The third-order valence-corrected chi connectivity index (χ3v) is 19.2. The van der Waals surface area contributed by atoms with Crippen molar-refractivity contribution in [3.63, 3.8) is 0 Å². The Hall–Kier alpha value is -11.5. The monoisotopic (exact) mass is 1260 g/mol. The smallest absolute Gasteiger partial charge is 0.399 e. The Labute approximate surface area is 559 Å². The molecule has 6 aromatic heterocycles. The molecular weight excluding hydrogens is 1200 g/mol. The molecule has 18 aromatic rings. The average Bonchev–Trinajstić information content (AvgIpc) is 1.55. The standard InChI is InChI=1S/C39H24N4.C24H22BNO2.C21H14ClN3/c1-3-10-25(11-4-1)26-18-20-28(21-19-26)38-40-37(27-12-5-2-6-13-27)41-39(42-38)29-22-23-31-33-16-9-15-32-30-14-7-8-17-34(30)43(36(32)33)35(31)24-29;1-23(2)24(3,4)28-25(27-23)15-12-13-17-19-10-7-9-18-16-8-5-6-11-20(16)26(22(18)19)21(17)14-15;22-21-24-19(17-9-5-2-6-10-17)23-20(25-21)18-13-11-16(12-14-18)15-7-3-1-4-8-15/h1-24H;5-14H,1-4H3;1-14H. The minimum Gasteiger partial charge on any atom is -0.399 e. The van der Waals surface area contributed by atoms with Crippen molar-refractivity contribution < 1.29 is 9.31 Å². The molecule has 1 aliphatic heterocycles. The predicted molar refractivity (Wildman–Crippen MR) is 394 cm³/mol. The molecule has 0 bridgehead atoms. The lowest BCUT2D eigenvalue weighted by atomic mass is 9.79. The topological polar surface area (TPSA) is 105 Å². The third-order valence-electron chi connectivity index (χ3n) is 19.1. The van der Waals surface area contributed by atoms with Crippen LogP contribution in [-0.2, 0) is 9.31 Å². The summed E-state index contributed by atoms with van der Waals surface area (Å²) in [7, 11) is -0.351. The molecule has 0 unspecified atom stereocenters. The van der Waals surface area contributed by atoms with Crippen LogP contribution in [0.5, 0.6) is 0 Å². The van der Waals surface area contributed by atoms with Gasteiger partial charge in [0, 0.05) is 70.9 Å². The van der Waals surface area contributed by atoms with Gasteiger partial charge in [-0.15, -0.1) is 0 Å². The van der Waals surface area contributed by atoms with Gasteiger partial charge in [0.05, 0.1) is 44.3 Å². The SMILES string of the molecule is CC1(C)OB(c2ccc3c4cccc5c6ccccc6n(c3c2)c54)OC1(C)C.Clc1nc(-c2ccccc2)nc(-c2ccc(-c3ccccc3)cc2)n1.c1ccc(-c2ccc(-c3nc(-c4ccccc4)nc(-c4ccc5c6cccc7c8ccccc8n(c5c4)c76)n3)cc2)cc1. The zero-order valence-electron chi connectivity index (χ0n) is 53.1. The van der Waals surface area contributed by atoms with Gasteiger partial charge in [0.25, 0.3) is 0 Å². The number of nitrogens with zero attached hydrogens (tertiary/aromatic N) is 8. The van der Waals surface area contributed by atoms with Crippen molar-refractivity contribution in [2.75, 3.05) is 0 Å². The Morgan fingerprint density at radius 1 is 0.271 bits per heavy atom. The first-order chi connectivity index (χ1) is 47.0. The summed E-state index contributed by atoms with van der Waals surface area (Å²) in [5, 5.41) is 10.4. The molecule has 96 heavy (non-hydrogen) atoms. The number of hydrogen-bond acceptors (Lipinski definition) is 8. The number of hydrogen-bond donors (Lipinski definition) is 0. The van der Waals surface area contributed by atoms with Crippen LogP contribution in [-0.4, -0.2) is 57.0 Å². The summed E-state index contributed by atoms with van der Waals surface area (Å²) in [5.74, 6) is 3.11. The quantitative estimate of drug-likeness (QED) is 0.139.